The van der Waals surface area contributed by atoms with Gasteiger partial charge in [-0.2, -0.15) is 0 Å². The molecule has 0 aliphatic rings. The van der Waals surface area contributed by atoms with E-state index < -0.39 is 0 Å². The molecule has 86 valence electrons. The molecule has 0 saturated heterocycles. The van der Waals surface area contributed by atoms with Crippen LogP contribution in [-0.2, 0) is 22.6 Å². The maximum Gasteiger partial charge on any atom is 0.122 e. The highest BCUT2D eigenvalue weighted by molar-refractivity contribution is 4.91. The van der Waals surface area contributed by atoms with Gasteiger partial charge in [-0.1, -0.05) is 0 Å². The molecule has 0 unspecified atom stereocenters. The van der Waals surface area contributed by atoms with Gasteiger partial charge in [0.15, 0.2) is 0 Å². The summed E-state index contributed by atoms with van der Waals surface area (Å²) in [5.74, 6) is 1.03. The summed E-state index contributed by atoms with van der Waals surface area (Å²) in [7, 11) is 3.40. The van der Waals surface area contributed by atoms with Gasteiger partial charge in [0.1, 0.15) is 5.82 Å². The van der Waals surface area contributed by atoms with E-state index in [9.17, 15) is 0 Å². The zero-order chi connectivity index (χ0) is 10.9. The summed E-state index contributed by atoms with van der Waals surface area (Å²) in [6.07, 6.45) is 3.77. The third-order valence-electron chi connectivity index (χ3n) is 2.10. The van der Waals surface area contributed by atoms with E-state index in [1.54, 1.807) is 14.2 Å². The van der Waals surface area contributed by atoms with Crippen LogP contribution in [0.25, 0.3) is 0 Å². The third kappa shape index (κ3) is 4.42. The molecule has 0 aromatic carbocycles. The van der Waals surface area contributed by atoms with Crippen LogP contribution in [0.3, 0.4) is 0 Å². The first-order valence-electron chi connectivity index (χ1n) is 5.07. The molecule has 0 bridgehead atoms. The Hall–Kier alpha value is -0.910. The molecule has 0 aliphatic heterocycles. The standard InChI is InChI=1S/C10H19N3O2/c1-14-7-4-11-9-10-12-3-5-13(10)6-8-15-2/h3,5,11H,4,6-9H2,1-2H3. The van der Waals surface area contributed by atoms with Crippen LogP contribution in [0.5, 0.6) is 0 Å². The highest BCUT2D eigenvalue weighted by Gasteiger charge is 2.01. The molecule has 0 atom stereocenters. The first-order chi connectivity index (χ1) is 7.38. The topological polar surface area (TPSA) is 48.3 Å². The molecule has 5 nitrogen and oxygen atoms in total. The van der Waals surface area contributed by atoms with Crippen molar-refractivity contribution in [2.45, 2.75) is 13.1 Å². The van der Waals surface area contributed by atoms with Crippen LogP contribution >= 0.6 is 0 Å². The number of imidazole rings is 1. The Morgan fingerprint density at radius 1 is 1.33 bits per heavy atom. The minimum absolute atomic E-state index is 0.710. The van der Waals surface area contributed by atoms with E-state index >= 15 is 0 Å². The molecule has 0 saturated carbocycles. The quantitative estimate of drug-likeness (QED) is 0.630. The van der Waals surface area contributed by atoms with Crippen LogP contribution in [0.15, 0.2) is 12.4 Å². The lowest BCUT2D eigenvalue weighted by atomic mass is 10.5. The summed E-state index contributed by atoms with van der Waals surface area (Å²) < 4.78 is 12.1. The Balaban J connectivity index is 2.29. The van der Waals surface area contributed by atoms with Crippen molar-refractivity contribution in [3.8, 4) is 0 Å². The molecular formula is C10H19N3O2. The van der Waals surface area contributed by atoms with Gasteiger partial charge in [0.2, 0.25) is 0 Å². The fourth-order valence-electron chi connectivity index (χ4n) is 1.27. The van der Waals surface area contributed by atoms with Gasteiger partial charge >= 0.3 is 0 Å². The summed E-state index contributed by atoms with van der Waals surface area (Å²) in [6.45, 7) is 3.88. The van der Waals surface area contributed by atoms with Crippen molar-refractivity contribution in [1.82, 2.24) is 14.9 Å². The van der Waals surface area contributed by atoms with Crippen molar-refractivity contribution in [3.05, 3.63) is 18.2 Å². The second-order valence-corrected chi connectivity index (χ2v) is 3.20. The molecule has 0 amide bonds. The van der Waals surface area contributed by atoms with Crippen LogP contribution in [-0.4, -0.2) is 43.5 Å². The third-order valence-corrected chi connectivity index (χ3v) is 2.10. The Morgan fingerprint density at radius 3 is 2.87 bits per heavy atom. The number of nitrogens with one attached hydrogen (secondary N) is 1. The second-order valence-electron chi connectivity index (χ2n) is 3.20. The van der Waals surface area contributed by atoms with E-state index in [-0.39, 0.29) is 0 Å². The fourth-order valence-corrected chi connectivity index (χ4v) is 1.27. The number of hydrogen-bond acceptors (Lipinski definition) is 4. The minimum Gasteiger partial charge on any atom is -0.383 e. The lowest BCUT2D eigenvalue weighted by Gasteiger charge is -2.07. The Bertz CT molecular complexity index is 263. The summed E-state index contributed by atoms with van der Waals surface area (Å²) in [6, 6.07) is 0. The molecule has 1 rings (SSSR count). The van der Waals surface area contributed by atoms with Gasteiger partial charge in [0.05, 0.1) is 19.8 Å². The van der Waals surface area contributed by atoms with Crippen LogP contribution in [0.1, 0.15) is 5.82 Å². The van der Waals surface area contributed by atoms with Crippen molar-refractivity contribution in [1.29, 1.82) is 0 Å². The zero-order valence-electron chi connectivity index (χ0n) is 9.40. The van der Waals surface area contributed by atoms with Crippen LogP contribution in [0.2, 0.25) is 0 Å². The molecule has 1 N–H and O–H groups in total. The predicted octanol–water partition coefficient (Wildman–Crippen LogP) is 0.265. The molecule has 1 aromatic heterocycles. The van der Waals surface area contributed by atoms with Crippen LogP contribution < -0.4 is 5.32 Å². The Kier molecular flexibility index (Phi) is 5.99. The molecule has 0 spiro atoms. The fraction of sp³-hybridized carbons (Fsp3) is 0.700. The second kappa shape index (κ2) is 7.39. The van der Waals surface area contributed by atoms with E-state index in [0.29, 0.717) is 6.61 Å². The number of ether oxygens (including phenoxy) is 2. The van der Waals surface area contributed by atoms with E-state index in [1.165, 1.54) is 0 Å². The Labute approximate surface area is 90.4 Å². The molecule has 1 heterocycles. The van der Waals surface area contributed by atoms with Crippen LogP contribution in [0, 0.1) is 0 Å². The van der Waals surface area contributed by atoms with E-state index in [0.717, 1.165) is 32.1 Å². The monoisotopic (exact) mass is 213 g/mol. The molecule has 0 radical (unpaired) electrons. The highest BCUT2D eigenvalue weighted by atomic mass is 16.5. The summed E-state index contributed by atoms with van der Waals surface area (Å²) in [5, 5.41) is 3.26. The number of aromatic nitrogens is 2. The van der Waals surface area contributed by atoms with E-state index in [2.05, 4.69) is 14.9 Å². The molecule has 1 aromatic rings. The van der Waals surface area contributed by atoms with Gasteiger partial charge < -0.3 is 19.4 Å². The lowest BCUT2D eigenvalue weighted by molar-refractivity contribution is 0.185. The number of nitrogens with zero attached hydrogens (tertiary/aromatic N) is 2. The number of rotatable bonds is 8. The molecule has 15 heavy (non-hydrogen) atoms. The van der Waals surface area contributed by atoms with Gasteiger partial charge in [0.25, 0.3) is 0 Å². The average Bonchev–Trinajstić information content (AvgIpc) is 2.69. The predicted molar refractivity (Wildman–Crippen MR) is 57.7 cm³/mol. The number of methoxy groups -OCH3 is 2. The largest absolute Gasteiger partial charge is 0.383 e. The highest BCUT2D eigenvalue weighted by Crippen LogP contribution is 1.96. The van der Waals surface area contributed by atoms with Gasteiger partial charge in [-0.05, 0) is 0 Å². The summed E-state index contributed by atoms with van der Waals surface area (Å²) >= 11 is 0. The van der Waals surface area contributed by atoms with Crippen molar-refractivity contribution < 1.29 is 9.47 Å². The lowest BCUT2D eigenvalue weighted by Crippen LogP contribution is -2.21. The normalized spacial score (nSPS) is 10.8. The molecule has 0 fully saturated rings. The maximum absolute atomic E-state index is 5.02. The van der Waals surface area contributed by atoms with Crippen molar-refractivity contribution in [3.63, 3.8) is 0 Å². The van der Waals surface area contributed by atoms with Crippen molar-refractivity contribution in [2.24, 2.45) is 0 Å². The van der Waals surface area contributed by atoms with E-state index in [1.807, 2.05) is 12.4 Å². The van der Waals surface area contributed by atoms with Gasteiger partial charge in [-0.3, -0.25) is 0 Å². The first kappa shape index (κ1) is 12.2. The van der Waals surface area contributed by atoms with Gasteiger partial charge in [-0.15, -0.1) is 0 Å². The van der Waals surface area contributed by atoms with Crippen molar-refractivity contribution >= 4 is 0 Å². The summed E-state index contributed by atoms with van der Waals surface area (Å²) in [5.41, 5.74) is 0. The first-order valence-corrected chi connectivity index (χ1v) is 5.07. The van der Waals surface area contributed by atoms with Gasteiger partial charge in [-0.25, -0.2) is 4.98 Å². The van der Waals surface area contributed by atoms with Crippen LogP contribution in [0.4, 0.5) is 0 Å². The summed E-state index contributed by atoms with van der Waals surface area (Å²) in [4.78, 5) is 4.27. The molecular weight excluding hydrogens is 194 g/mol. The Morgan fingerprint density at radius 2 is 2.13 bits per heavy atom. The SMILES string of the molecule is COCCNCc1nccn1CCOC. The van der Waals surface area contributed by atoms with E-state index in [4.69, 9.17) is 9.47 Å². The maximum atomic E-state index is 5.02. The number of hydrogen-bond donors (Lipinski definition) is 1. The van der Waals surface area contributed by atoms with Gasteiger partial charge in [0, 0.05) is 39.7 Å². The minimum atomic E-state index is 0.710. The molecule has 0 aliphatic carbocycles. The smallest absolute Gasteiger partial charge is 0.122 e. The zero-order valence-corrected chi connectivity index (χ0v) is 9.40. The average molecular weight is 213 g/mol. The van der Waals surface area contributed by atoms with Crippen molar-refractivity contribution in [2.75, 3.05) is 34.0 Å². The molecule has 5 heteroatoms.